The number of halogens is 2. The van der Waals surface area contributed by atoms with E-state index in [-0.39, 0.29) is 11.7 Å². The third kappa shape index (κ3) is 4.75. The maximum absolute atomic E-state index is 13.1. The molecule has 0 N–H and O–H groups in total. The molecule has 0 saturated carbocycles. The topological polar surface area (TPSA) is 63.7 Å². The predicted octanol–water partition coefficient (Wildman–Crippen LogP) is 4.33. The summed E-state index contributed by atoms with van der Waals surface area (Å²) in [5, 5.41) is 0. The first-order valence-corrected chi connectivity index (χ1v) is 11.2. The van der Waals surface area contributed by atoms with Crippen molar-refractivity contribution in [1.29, 1.82) is 0 Å². The Morgan fingerprint density at radius 2 is 1.89 bits per heavy atom. The fraction of sp³-hybridized carbons (Fsp3) is 0.0588. The minimum atomic E-state index is -3.74. The van der Waals surface area contributed by atoms with Crippen LogP contribution in [0.15, 0.2) is 51.8 Å². The minimum Gasteiger partial charge on any atom is -0.382 e. The van der Waals surface area contributed by atoms with Crippen LogP contribution in [0.1, 0.15) is 5.56 Å². The number of benzene rings is 2. The van der Waals surface area contributed by atoms with Gasteiger partial charge in [-0.2, -0.15) is 8.42 Å². The van der Waals surface area contributed by atoms with Crippen molar-refractivity contribution >= 4 is 72.0 Å². The van der Waals surface area contributed by atoms with E-state index < -0.39 is 15.9 Å². The van der Waals surface area contributed by atoms with E-state index in [2.05, 4.69) is 15.9 Å². The number of nitrogens with zero attached hydrogens (tertiary/aromatic N) is 1. The van der Waals surface area contributed by atoms with E-state index in [4.69, 9.17) is 16.4 Å². The first-order valence-electron chi connectivity index (χ1n) is 7.36. The number of carbonyl (C=O) groups is 1. The van der Waals surface area contributed by atoms with Crippen molar-refractivity contribution in [3.05, 3.63) is 63.2 Å². The van der Waals surface area contributed by atoms with Crippen molar-refractivity contribution in [3.8, 4) is 5.75 Å². The molecular formula is C17H11BrFNO4S3. The number of thioether (sulfide) groups is 1. The average Bonchev–Trinajstić information content (AvgIpc) is 2.84. The van der Waals surface area contributed by atoms with Crippen LogP contribution in [0.5, 0.6) is 5.75 Å². The van der Waals surface area contributed by atoms with E-state index in [1.54, 1.807) is 12.1 Å². The van der Waals surface area contributed by atoms with Gasteiger partial charge < -0.3 is 4.18 Å². The lowest BCUT2D eigenvalue weighted by Crippen LogP contribution is -2.27. The molecular weight excluding hydrogens is 477 g/mol. The van der Waals surface area contributed by atoms with Gasteiger partial charge in [-0.1, -0.05) is 39.9 Å². The van der Waals surface area contributed by atoms with Crippen molar-refractivity contribution < 1.29 is 21.8 Å². The smallest absolute Gasteiger partial charge is 0.306 e. The highest BCUT2D eigenvalue weighted by atomic mass is 79.9. The molecule has 10 heteroatoms. The molecule has 1 aliphatic rings. The van der Waals surface area contributed by atoms with E-state index in [0.29, 0.717) is 24.9 Å². The van der Waals surface area contributed by atoms with Gasteiger partial charge in [0.1, 0.15) is 11.6 Å². The minimum absolute atomic E-state index is 0.0905. The fourth-order valence-electron chi connectivity index (χ4n) is 2.29. The van der Waals surface area contributed by atoms with Crippen molar-refractivity contribution in [2.45, 2.75) is 0 Å². The molecule has 5 nitrogen and oxygen atoms in total. The molecule has 140 valence electrons. The van der Waals surface area contributed by atoms with E-state index in [1.807, 2.05) is 0 Å². The molecule has 0 atom stereocenters. The Morgan fingerprint density at radius 1 is 1.22 bits per heavy atom. The Bertz CT molecular complexity index is 1070. The van der Waals surface area contributed by atoms with Gasteiger partial charge in [-0.25, -0.2) is 4.39 Å². The number of rotatable bonds is 4. The van der Waals surface area contributed by atoms with Crippen molar-refractivity contribution in [2.75, 3.05) is 11.2 Å². The monoisotopic (exact) mass is 487 g/mol. The van der Waals surface area contributed by atoms with Crippen LogP contribution in [0.3, 0.4) is 0 Å². The van der Waals surface area contributed by atoms with Crippen LogP contribution in [0, 0.1) is 5.82 Å². The van der Waals surface area contributed by atoms with Crippen LogP contribution in [0.4, 0.5) is 10.1 Å². The van der Waals surface area contributed by atoms with Gasteiger partial charge in [-0.05, 0) is 48.5 Å². The van der Waals surface area contributed by atoms with Gasteiger partial charge >= 0.3 is 10.1 Å². The van der Waals surface area contributed by atoms with E-state index in [1.165, 1.54) is 41.3 Å². The predicted molar refractivity (Wildman–Crippen MR) is 112 cm³/mol. The molecule has 0 bridgehead atoms. The van der Waals surface area contributed by atoms with Crippen molar-refractivity contribution in [2.24, 2.45) is 0 Å². The molecule has 27 heavy (non-hydrogen) atoms. The lowest BCUT2D eigenvalue weighted by molar-refractivity contribution is -0.113. The Hall–Kier alpha value is -1.75. The third-order valence-corrected chi connectivity index (χ3v) is 5.66. The number of anilines is 1. The fourth-order valence-corrected chi connectivity index (χ4v) is 4.44. The number of thiocarbonyl (C=S) groups is 1. The largest absolute Gasteiger partial charge is 0.382 e. The molecule has 1 amide bonds. The second-order valence-electron chi connectivity index (χ2n) is 5.46. The summed E-state index contributed by atoms with van der Waals surface area (Å²) in [4.78, 5) is 14.4. The number of amides is 1. The molecule has 2 aromatic rings. The second kappa shape index (κ2) is 7.70. The van der Waals surface area contributed by atoms with Crippen LogP contribution in [0.2, 0.25) is 0 Å². The van der Waals surface area contributed by atoms with Gasteiger partial charge in [0.15, 0.2) is 4.32 Å². The first-order chi connectivity index (χ1) is 12.6. The molecule has 0 aliphatic carbocycles. The summed E-state index contributed by atoms with van der Waals surface area (Å²) >= 11 is 9.64. The summed E-state index contributed by atoms with van der Waals surface area (Å²) in [6, 6.07) is 10.1. The van der Waals surface area contributed by atoms with E-state index in [9.17, 15) is 17.6 Å². The summed E-state index contributed by atoms with van der Waals surface area (Å²) in [5.74, 6) is -0.717. The highest BCUT2D eigenvalue weighted by molar-refractivity contribution is 9.10. The molecule has 0 unspecified atom stereocenters. The summed E-state index contributed by atoms with van der Waals surface area (Å²) in [6.45, 7) is 0. The van der Waals surface area contributed by atoms with Crippen molar-refractivity contribution in [3.63, 3.8) is 0 Å². The van der Waals surface area contributed by atoms with Gasteiger partial charge in [0, 0.05) is 10.0 Å². The Labute approximate surface area is 173 Å². The maximum Gasteiger partial charge on any atom is 0.306 e. The molecule has 1 fully saturated rings. The summed E-state index contributed by atoms with van der Waals surface area (Å²) < 4.78 is 42.0. The molecule has 0 spiro atoms. The standard InChI is InChI=1S/C17H11BrFNO4S3/c1-27(22,23)24-14-7-2-11(18)8-10(14)9-15-16(21)20(17(25)26-15)13-5-3-12(19)4-6-13/h2-9H,1H3/b15-9-. The Balaban J connectivity index is 1.99. The molecule has 2 aromatic carbocycles. The zero-order valence-electron chi connectivity index (χ0n) is 13.7. The Kier molecular flexibility index (Phi) is 5.71. The second-order valence-corrected chi connectivity index (χ2v) is 9.63. The number of hydrogen-bond acceptors (Lipinski definition) is 6. The highest BCUT2D eigenvalue weighted by Crippen LogP contribution is 2.37. The van der Waals surface area contributed by atoms with E-state index >= 15 is 0 Å². The van der Waals surface area contributed by atoms with Gasteiger partial charge in [-0.15, -0.1) is 0 Å². The normalized spacial score (nSPS) is 16.3. The SMILES string of the molecule is CS(=O)(=O)Oc1ccc(Br)cc1/C=C1\SC(=S)N(c2ccc(F)cc2)C1=O. The van der Waals surface area contributed by atoms with Crippen LogP contribution in [-0.4, -0.2) is 24.9 Å². The van der Waals surface area contributed by atoms with Gasteiger partial charge in [0.05, 0.1) is 16.8 Å². The maximum atomic E-state index is 13.1. The number of carbonyl (C=O) groups excluding carboxylic acids is 1. The summed E-state index contributed by atoms with van der Waals surface area (Å²) in [7, 11) is -3.74. The van der Waals surface area contributed by atoms with E-state index in [0.717, 1.165) is 18.0 Å². The van der Waals surface area contributed by atoms with Crippen LogP contribution < -0.4 is 9.08 Å². The molecule has 1 heterocycles. The molecule has 3 rings (SSSR count). The number of hydrogen-bond donors (Lipinski definition) is 0. The van der Waals surface area contributed by atoms with Gasteiger partial charge in [0.25, 0.3) is 5.91 Å². The quantitative estimate of drug-likeness (QED) is 0.363. The molecule has 1 aliphatic heterocycles. The summed E-state index contributed by atoms with van der Waals surface area (Å²) in [6.07, 6.45) is 2.45. The van der Waals surface area contributed by atoms with Gasteiger partial charge in [-0.3, -0.25) is 9.69 Å². The lowest BCUT2D eigenvalue weighted by Gasteiger charge is -2.14. The molecule has 0 aromatic heterocycles. The average molecular weight is 488 g/mol. The van der Waals surface area contributed by atoms with Crippen LogP contribution in [-0.2, 0) is 14.9 Å². The van der Waals surface area contributed by atoms with Crippen LogP contribution in [0.25, 0.3) is 6.08 Å². The Morgan fingerprint density at radius 3 is 2.52 bits per heavy atom. The zero-order valence-corrected chi connectivity index (χ0v) is 17.7. The summed E-state index contributed by atoms with van der Waals surface area (Å²) in [5.41, 5.74) is 0.846. The molecule has 0 radical (unpaired) electrons. The third-order valence-electron chi connectivity index (χ3n) is 3.38. The highest BCUT2D eigenvalue weighted by Gasteiger charge is 2.33. The van der Waals surface area contributed by atoms with Crippen molar-refractivity contribution in [1.82, 2.24) is 0 Å². The van der Waals surface area contributed by atoms with Gasteiger partial charge in [0.2, 0.25) is 0 Å². The zero-order chi connectivity index (χ0) is 19.8. The molecule has 1 saturated heterocycles. The van der Waals surface area contributed by atoms with Crippen LogP contribution >= 0.6 is 39.9 Å². The lowest BCUT2D eigenvalue weighted by atomic mass is 10.2. The first kappa shape index (κ1) is 20.0.